The maximum atomic E-state index is 12.9. The highest BCUT2D eigenvalue weighted by molar-refractivity contribution is 5.94. The summed E-state index contributed by atoms with van der Waals surface area (Å²) >= 11 is 0. The van der Waals surface area contributed by atoms with Crippen LogP contribution in [-0.2, 0) is 11.4 Å². The van der Waals surface area contributed by atoms with Gasteiger partial charge in [0.2, 0.25) is 5.91 Å². The first-order chi connectivity index (χ1) is 13.0. The largest absolute Gasteiger partial charge is 0.489 e. The zero-order valence-corrected chi connectivity index (χ0v) is 15.7. The smallest absolute Gasteiger partial charge is 0.276 e. The van der Waals surface area contributed by atoms with E-state index < -0.39 is 5.41 Å². The number of amides is 2. The Morgan fingerprint density at radius 3 is 2.52 bits per heavy atom. The number of rotatable bonds is 6. The van der Waals surface area contributed by atoms with Gasteiger partial charge in [-0.05, 0) is 38.3 Å². The van der Waals surface area contributed by atoms with Gasteiger partial charge in [-0.25, -0.2) is 0 Å². The first-order valence-corrected chi connectivity index (χ1v) is 9.19. The van der Waals surface area contributed by atoms with Crippen LogP contribution < -0.4 is 10.5 Å². The van der Waals surface area contributed by atoms with Gasteiger partial charge in [-0.3, -0.25) is 9.59 Å². The van der Waals surface area contributed by atoms with E-state index in [-0.39, 0.29) is 24.1 Å². The summed E-state index contributed by atoms with van der Waals surface area (Å²) in [6.07, 6.45) is 1.82. The topological polar surface area (TPSA) is 98.7 Å². The van der Waals surface area contributed by atoms with E-state index in [2.05, 4.69) is 5.16 Å². The Hall–Kier alpha value is -2.83. The molecule has 2 N–H and O–H groups in total. The minimum atomic E-state index is -0.518. The van der Waals surface area contributed by atoms with Crippen molar-refractivity contribution in [3.63, 3.8) is 0 Å². The number of nitrogens with zero attached hydrogens (tertiary/aromatic N) is 2. The number of nitrogens with two attached hydrogens (primary N) is 1. The van der Waals surface area contributed by atoms with E-state index in [0.29, 0.717) is 49.4 Å². The quantitative estimate of drug-likeness (QED) is 0.842. The SMILES string of the molecule is CCC1(C(N)=O)CCN(C(=O)c2noc(C)c2COc2ccccc2)CC1. The fraction of sp³-hybridized carbons (Fsp3) is 0.450. The van der Waals surface area contributed by atoms with E-state index in [4.69, 9.17) is 15.0 Å². The molecular weight excluding hydrogens is 346 g/mol. The standard InChI is InChI=1S/C20H25N3O4/c1-3-20(19(21)25)9-11-23(12-10-20)18(24)17-16(14(2)27-22-17)13-26-15-7-5-4-6-8-15/h4-8H,3,9-13H2,1-2H3,(H2,21,25). The molecule has 1 aromatic carbocycles. The van der Waals surface area contributed by atoms with Crippen LogP contribution in [0.15, 0.2) is 34.9 Å². The first-order valence-electron chi connectivity index (χ1n) is 9.19. The molecule has 0 saturated carbocycles. The number of primary amides is 1. The van der Waals surface area contributed by atoms with E-state index in [1.807, 2.05) is 37.3 Å². The van der Waals surface area contributed by atoms with Crippen LogP contribution in [0.2, 0.25) is 0 Å². The molecule has 27 heavy (non-hydrogen) atoms. The summed E-state index contributed by atoms with van der Waals surface area (Å²) in [5.74, 6) is 0.786. The summed E-state index contributed by atoms with van der Waals surface area (Å²) in [5.41, 5.74) is 5.98. The lowest BCUT2D eigenvalue weighted by Gasteiger charge is -2.38. The number of hydrogen-bond donors (Lipinski definition) is 1. The molecule has 2 heterocycles. The molecule has 1 saturated heterocycles. The lowest BCUT2D eigenvalue weighted by atomic mass is 9.75. The number of carbonyl (C=O) groups is 2. The van der Waals surface area contributed by atoms with Crippen LogP contribution in [0.3, 0.4) is 0 Å². The van der Waals surface area contributed by atoms with Crippen molar-refractivity contribution in [2.24, 2.45) is 11.1 Å². The van der Waals surface area contributed by atoms with Crippen molar-refractivity contribution in [2.75, 3.05) is 13.1 Å². The molecule has 1 aliphatic heterocycles. The van der Waals surface area contributed by atoms with Gasteiger partial charge in [0.1, 0.15) is 18.1 Å². The summed E-state index contributed by atoms with van der Waals surface area (Å²) in [7, 11) is 0. The molecule has 7 nitrogen and oxygen atoms in total. The number of aryl methyl sites for hydroxylation is 1. The van der Waals surface area contributed by atoms with Gasteiger partial charge in [-0.2, -0.15) is 0 Å². The summed E-state index contributed by atoms with van der Waals surface area (Å²) < 4.78 is 11.0. The van der Waals surface area contributed by atoms with Gasteiger partial charge in [0.05, 0.1) is 11.0 Å². The van der Waals surface area contributed by atoms with Gasteiger partial charge < -0.3 is 19.9 Å². The minimum absolute atomic E-state index is 0.201. The van der Waals surface area contributed by atoms with Gasteiger partial charge in [-0.1, -0.05) is 30.3 Å². The van der Waals surface area contributed by atoms with Crippen LogP contribution in [0.5, 0.6) is 5.75 Å². The van der Waals surface area contributed by atoms with E-state index in [1.165, 1.54) is 0 Å². The van der Waals surface area contributed by atoms with E-state index in [0.717, 1.165) is 0 Å². The van der Waals surface area contributed by atoms with Crippen molar-refractivity contribution >= 4 is 11.8 Å². The molecule has 0 bridgehead atoms. The molecule has 1 aromatic heterocycles. The Morgan fingerprint density at radius 1 is 1.26 bits per heavy atom. The maximum absolute atomic E-state index is 12.9. The molecular formula is C20H25N3O4. The summed E-state index contributed by atoms with van der Waals surface area (Å²) in [6, 6.07) is 9.38. The first kappa shape index (κ1) is 18.9. The molecule has 0 spiro atoms. The third kappa shape index (κ3) is 3.82. The van der Waals surface area contributed by atoms with Crippen molar-refractivity contribution < 1.29 is 18.8 Å². The normalized spacial score (nSPS) is 16.1. The predicted octanol–water partition coefficient (Wildman–Crippen LogP) is 2.68. The number of carbonyl (C=O) groups excluding carboxylic acids is 2. The summed E-state index contributed by atoms with van der Waals surface area (Å²) in [4.78, 5) is 26.5. The van der Waals surface area contributed by atoms with Crippen LogP contribution in [0, 0.1) is 12.3 Å². The van der Waals surface area contributed by atoms with Gasteiger partial charge in [-0.15, -0.1) is 0 Å². The molecule has 1 aliphatic rings. The number of hydrogen-bond acceptors (Lipinski definition) is 5. The second kappa shape index (κ2) is 7.82. The van der Waals surface area contributed by atoms with Crippen molar-refractivity contribution in [1.82, 2.24) is 10.1 Å². The van der Waals surface area contributed by atoms with Crippen molar-refractivity contribution in [1.29, 1.82) is 0 Å². The molecule has 0 atom stereocenters. The van der Waals surface area contributed by atoms with Crippen LogP contribution >= 0.6 is 0 Å². The molecule has 0 aliphatic carbocycles. The van der Waals surface area contributed by atoms with E-state index >= 15 is 0 Å². The number of piperidine rings is 1. The third-order valence-electron chi connectivity index (χ3n) is 5.52. The minimum Gasteiger partial charge on any atom is -0.489 e. The Balaban J connectivity index is 1.70. The predicted molar refractivity (Wildman–Crippen MR) is 99.1 cm³/mol. The molecule has 7 heteroatoms. The van der Waals surface area contributed by atoms with Crippen molar-refractivity contribution in [3.8, 4) is 5.75 Å². The van der Waals surface area contributed by atoms with Crippen LogP contribution in [-0.4, -0.2) is 35.0 Å². The lowest BCUT2D eigenvalue weighted by molar-refractivity contribution is -0.130. The fourth-order valence-electron chi connectivity index (χ4n) is 3.46. The van der Waals surface area contributed by atoms with Gasteiger partial charge >= 0.3 is 0 Å². The lowest BCUT2D eigenvalue weighted by Crippen LogP contribution is -2.48. The third-order valence-corrected chi connectivity index (χ3v) is 5.52. The zero-order valence-electron chi connectivity index (χ0n) is 15.7. The van der Waals surface area contributed by atoms with Crippen LogP contribution in [0.25, 0.3) is 0 Å². The van der Waals surface area contributed by atoms with Crippen molar-refractivity contribution in [2.45, 2.75) is 39.7 Å². The molecule has 0 radical (unpaired) electrons. The highest BCUT2D eigenvalue weighted by Crippen LogP contribution is 2.35. The van der Waals surface area contributed by atoms with E-state index in [1.54, 1.807) is 11.8 Å². The Morgan fingerprint density at radius 2 is 1.93 bits per heavy atom. The maximum Gasteiger partial charge on any atom is 0.276 e. The molecule has 3 rings (SSSR count). The summed E-state index contributed by atoms with van der Waals surface area (Å²) in [5, 5.41) is 3.96. The fourth-order valence-corrected chi connectivity index (χ4v) is 3.46. The number of benzene rings is 1. The number of ether oxygens (including phenoxy) is 1. The number of para-hydroxylation sites is 1. The Bertz CT molecular complexity index is 808. The van der Waals surface area contributed by atoms with Gasteiger partial charge in [0.25, 0.3) is 5.91 Å². The average molecular weight is 371 g/mol. The monoisotopic (exact) mass is 371 g/mol. The second-order valence-corrected chi connectivity index (χ2v) is 6.96. The van der Waals surface area contributed by atoms with Crippen LogP contribution in [0.4, 0.5) is 0 Å². The number of likely N-dealkylation sites (tertiary alicyclic amines) is 1. The van der Waals surface area contributed by atoms with E-state index in [9.17, 15) is 9.59 Å². The molecule has 2 amide bonds. The molecule has 0 unspecified atom stereocenters. The highest BCUT2D eigenvalue weighted by atomic mass is 16.5. The summed E-state index contributed by atoms with van der Waals surface area (Å²) in [6.45, 7) is 4.87. The Kier molecular flexibility index (Phi) is 5.48. The molecule has 2 aromatic rings. The molecule has 144 valence electrons. The molecule has 1 fully saturated rings. The van der Waals surface area contributed by atoms with Crippen LogP contribution in [0.1, 0.15) is 48.0 Å². The highest BCUT2D eigenvalue weighted by Gasteiger charge is 2.40. The Labute approximate surface area is 158 Å². The number of aromatic nitrogens is 1. The van der Waals surface area contributed by atoms with Gasteiger partial charge in [0.15, 0.2) is 5.69 Å². The second-order valence-electron chi connectivity index (χ2n) is 6.96. The average Bonchev–Trinajstić information content (AvgIpc) is 3.07. The zero-order chi connectivity index (χ0) is 19.4. The van der Waals surface area contributed by atoms with Gasteiger partial charge in [0, 0.05) is 13.1 Å². The van der Waals surface area contributed by atoms with Crippen molar-refractivity contribution in [3.05, 3.63) is 47.3 Å².